The molecule has 1 aromatic heterocycles. The van der Waals surface area contributed by atoms with Gasteiger partial charge >= 0.3 is 0 Å². The topological polar surface area (TPSA) is 73.2 Å². The molecule has 0 unspecified atom stereocenters. The number of aromatic nitrogens is 2. The molecule has 146 valence electrons. The molecule has 6 nitrogen and oxygen atoms in total. The SMILES string of the molecule is CCc1nn(C)cc1C(=O)NC(C)(C)C(=O)c1ccc(OC(C)C)cc1C. The van der Waals surface area contributed by atoms with Crippen molar-refractivity contribution in [3.63, 3.8) is 0 Å². The Labute approximate surface area is 160 Å². The van der Waals surface area contributed by atoms with Crippen molar-refractivity contribution in [3.05, 3.63) is 46.8 Å². The van der Waals surface area contributed by atoms with Crippen molar-refractivity contribution < 1.29 is 14.3 Å². The molecule has 1 heterocycles. The number of carbonyl (C=O) groups excluding carboxylic acids is 2. The van der Waals surface area contributed by atoms with Crippen LogP contribution in [-0.4, -0.2) is 33.1 Å². The molecule has 0 aliphatic carbocycles. The van der Waals surface area contributed by atoms with Gasteiger partial charge in [0.1, 0.15) is 5.75 Å². The highest BCUT2D eigenvalue weighted by atomic mass is 16.5. The third-order valence-electron chi connectivity index (χ3n) is 4.29. The maximum absolute atomic E-state index is 13.1. The number of Topliss-reactive ketones (excluding diaryl/α,β-unsaturated/α-hetero) is 1. The van der Waals surface area contributed by atoms with Crippen LogP contribution in [0.3, 0.4) is 0 Å². The Morgan fingerprint density at radius 1 is 1.26 bits per heavy atom. The fraction of sp³-hybridized carbons (Fsp3) is 0.476. The Morgan fingerprint density at radius 2 is 1.93 bits per heavy atom. The van der Waals surface area contributed by atoms with Gasteiger partial charge in [0.2, 0.25) is 0 Å². The Balaban J connectivity index is 2.22. The van der Waals surface area contributed by atoms with Crippen LogP contribution in [0.2, 0.25) is 0 Å². The number of ketones is 1. The smallest absolute Gasteiger partial charge is 0.255 e. The third-order valence-corrected chi connectivity index (χ3v) is 4.29. The minimum atomic E-state index is -1.05. The highest BCUT2D eigenvalue weighted by molar-refractivity contribution is 6.07. The van der Waals surface area contributed by atoms with Crippen molar-refractivity contribution >= 4 is 11.7 Å². The van der Waals surface area contributed by atoms with Gasteiger partial charge in [-0.2, -0.15) is 5.10 Å². The summed E-state index contributed by atoms with van der Waals surface area (Å²) in [5, 5.41) is 7.15. The van der Waals surface area contributed by atoms with E-state index in [9.17, 15) is 9.59 Å². The zero-order valence-corrected chi connectivity index (χ0v) is 17.2. The van der Waals surface area contributed by atoms with Gasteiger partial charge < -0.3 is 10.1 Å². The summed E-state index contributed by atoms with van der Waals surface area (Å²) in [6.07, 6.45) is 2.39. The molecule has 2 rings (SSSR count). The van der Waals surface area contributed by atoms with Crippen molar-refractivity contribution in [2.45, 2.75) is 59.6 Å². The van der Waals surface area contributed by atoms with Gasteiger partial charge in [0, 0.05) is 18.8 Å². The molecule has 1 aromatic carbocycles. The number of ether oxygens (including phenoxy) is 1. The molecule has 0 aliphatic rings. The molecule has 0 saturated heterocycles. The van der Waals surface area contributed by atoms with Crippen LogP contribution >= 0.6 is 0 Å². The van der Waals surface area contributed by atoms with Crippen molar-refractivity contribution in [2.75, 3.05) is 0 Å². The van der Waals surface area contributed by atoms with Crippen molar-refractivity contribution in [3.8, 4) is 5.75 Å². The lowest BCUT2D eigenvalue weighted by atomic mass is 9.90. The number of nitrogens with zero attached hydrogens (tertiary/aromatic N) is 2. The molecule has 2 aromatic rings. The summed E-state index contributed by atoms with van der Waals surface area (Å²) >= 11 is 0. The van der Waals surface area contributed by atoms with Crippen LogP contribution < -0.4 is 10.1 Å². The first kappa shape index (κ1) is 20.7. The molecule has 1 N–H and O–H groups in total. The molecular weight excluding hydrogens is 342 g/mol. The number of amides is 1. The summed E-state index contributed by atoms with van der Waals surface area (Å²) in [6, 6.07) is 5.39. The quantitative estimate of drug-likeness (QED) is 0.757. The molecule has 0 atom stereocenters. The molecule has 1 amide bonds. The molecule has 0 spiro atoms. The van der Waals surface area contributed by atoms with Crippen LogP contribution in [0.5, 0.6) is 5.75 Å². The first-order valence-electron chi connectivity index (χ1n) is 9.22. The van der Waals surface area contributed by atoms with Gasteiger partial charge in [0.25, 0.3) is 5.91 Å². The molecule has 6 heteroatoms. The van der Waals surface area contributed by atoms with E-state index in [1.54, 1.807) is 43.9 Å². The number of benzene rings is 1. The zero-order chi connectivity index (χ0) is 20.4. The summed E-state index contributed by atoms with van der Waals surface area (Å²) in [5.74, 6) is 0.283. The van der Waals surface area contributed by atoms with E-state index in [4.69, 9.17) is 4.74 Å². The van der Waals surface area contributed by atoms with E-state index in [0.717, 1.165) is 11.3 Å². The fourth-order valence-electron chi connectivity index (χ4n) is 2.97. The summed E-state index contributed by atoms with van der Waals surface area (Å²) in [6.45, 7) is 11.2. The van der Waals surface area contributed by atoms with E-state index in [1.807, 2.05) is 33.8 Å². The predicted molar refractivity (Wildman–Crippen MR) is 105 cm³/mol. The van der Waals surface area contributed by atoms with E-state index >= 15 is 0 Å². The maximum Gasteiger partial charge on any atom is 0.255 e. The molecule has 0 saturated carbocycles. The minimum absolute atomic E-state index is 0.0638. The minimum Gasteiger partial charge on any atom is -0.491 e. The Kier molecular flexibility index (Phi) is 6.08. The van der Waals surface area contributed by atoms with Gasteiger partial charge in [0.05, 0.1) is 22.9 Å². The molecule has 0 radical (unpaired) electrons. The van der Waals surface area contributed by atoms with Gasteiger partial charge in [0.15, 0.2) is 5.78 Å². The second-order valence-corrected chi connectivity index (χ2v) is 7.57. The highest BCUT2D eigenvalue weighted by Gasteiger charge is 2.32. The van der Waals surface area contributed by atoms with Crippen LogP contribution in [0.4, 0.5) is 0 Å². The second-order valence-electron chi connectivity index (χ2n) is 7.57. The standard InChI is InChI=1S/C21H29N3O3/c1-8-18-17(12-24(7)23-18)20(26)22-21(5,6)19(25)16-10-9-15(11-14(16)4)27-13(2)3/h9-13H,8H2,1-7H3,(H,22,26). The second kappa shape index (κ2) is 7.94. The summed E-state index contributed by atoms with van der Waals surface area (Å²) < 4.78 is 7.29. The first-order valence-corrected chi connectivity index (χ1v) is 9.22. The number of aryl methyl sites for hydroxylation is 3. The van der Waals surface area contributed by atoms with E-state index in [2.05, 4.69) is 10.4 Å². The lowest BCUT2D eigenvalue weighted by Crippen LogP contribution is -2.50. The molecule has 0 aliphatic heterocycles. The van der Waals surface area contributed by atoms with Gasteiger partial charge in [-0.15, -0.1) is 0 Å². The molecule has 0 bridgehead atoms. The summed E-state index contributed by atoms with van der Waals surface area (Å²) in [7, 11) is 1.77. The Morgan fingerprint density at radius 3 is 2.48 bits per heavy atom. The van der Waals surface area contributed by atoms with Gasteiger partial charge in [-0.05, 0) is 64.8 Å². The summed E-state index contributed by atoms with van der Waals surface area (Å²) in [4.78, 5) is 25.8. The van der Waals surface area contributed by atoms with Crippen LogP contribution in [0, 0.1) is 6.92 Å². The van der Waals surface area contributed by atoms with Gasteiger partial charge in [-0.3, -0.25) is 14.3 Å². The average Bonchev–Trinajstić information content (AvgIpc) is 2.94. The molecular formula is C21H29N3O3. The van der Waals surface area contributed by atoms with Crippen LogP contribution in [-0.2, 0) is 13.5 Å². The largest absolute Gasteiger partial charge is 0.491 e. The highest BCUT2D eigenvalue weighted by Crippen LogP contribution is 2.23. The lowest BCUT2D eigenvalue weighted by Gasteiger charge is -2.26. The average molecular weight is 371 g/mol. The van der Waals surface area contributed by atoms with E-state index in [0.29, 0.717) is 23.2 Å². The van der Waals surface area contributed by atoms with E-state index in [1.165, 1.54) is 0 Å². The van der Waals surface area contributed by atoms with Crippen LogP contribution in [0.15, 0.2) is 24.4 Å². The first-order chi connectivity index (χ1) is 12.5. The summed E-state index contributed by atoms with van der Waals surface area (Å²) in [5.41, 5.74) is 1.54. The van der Waals surface area contributed by atoms with E-state index in [-0.39, 0.29) is 17.8 Å². The number of hydrogen-bond donors (Lipinski definition) is 1. The number of hydrogen-bond acceptors (Lipinski definition) is 4. The molecule has 27 heavy (non-hydrogen) atoms. The van der Waals surface area contributed by atoms with Crippen LogP contribution in [0.1, 0.15) is 66.6 Å². The Bertz CT molecular complexity index is 850. The maximum atomic E-state index is 13.1. The number of rotatable bonds is 7. The lowest BCUT2D eigenvalue weighted by molar-refractivity contribution is 0.0797. The van der Waals surface area contributed by atoms with Crippen molar-refractivity contribution in [1.82, 2.24) is 15.1 Å². The van der Waals surface area contributed by atoms with E-state index < -0.39 is 5.54 Å². The normalized spacial score (nSPS) is 11.6. The van der Waals surface area contributed by atoms with Crippen LogP contribution in [0.25, 0.3) is 0 Å². The van der Waals surface area contributed by atoms with Crippen molar-refractivity contribution in [2.24, 2.45) is 7.05 Å². The molecule has 0 fully saturated rings. The zero-order valence-electron chi connectivity index (χ0n) is 17.2. The number of nitrogens with one attached hydrogen (secondary N) is 1. The van der Waals surface area contributed by atoms with Gasteiger partial charge in [-0.1, -0.05) is 6.92 Å². The number of carbonyl (C=O) groups is 2. The third kappa shape index (κ3) is 4.76. The fourth-order valence-corrected chi connectivity index (χ4v) is 2.97. The van der Waals surface area contributed by atoms with Crippen molar-refractivity contribution in [1.29, 1.82) is 0 Å². The Hall–Kier alpha value is -2.63. The predicted octanol–water partition coefficient (Wildman–Crippen LogP) is 3.47. The van der Waals surface area contributed by atoms with Gasteiger partial charge in [-0.25, -0.2) is 0 Å². The monoisotopic (exact) mass is 371 g/mol.